The number of benzene rings is 1. The molecule has 0 saturated heterocycles. The van der Waals surface area contributed by atoms with E-state index >= 15 is 0 Å². The molecule has 0 radical (unpaired) electrons. The summed E-state index contributed by atoms with van der Waals surface area (Å²) in [6.45, 7) is 0. The third kappa shape index (κ3) is 2.46. The van der Waals surface area contributed by atoms with Crippen LogP contribution >= 0.6 is 39.2 Å². The Hall–Kier alpha value is -0.590. The highest BCUT2D eigenvalue weighted by Gasteiger charge is 2.02. The number of hydrogen-bond acceptors (Lipinski definition) is 5. The van der Waals surface area contributed by atoms with E-state index in [1.54, 1.807) is 0 Å². The van der Waals surface area contributed by atoms with Gasteiger partial charge >= 0.3 is 0 Å². The molecule has 0 saturated carbocycles. The smallest absolute Gasteiger partial charge is 0.206 e. The second kappa shape index (κ2) is 4.29. The van der Waals surface area contributed by atoms with Crippen LogP contribution in [0.1, 0.15) is 0 Å². The molecule has 0 aliphatic carbocycles. The fourth-order valence-corrected chi connectivity index (χ4v) is 2.42. The van der Waals surface area contributed by atoms with Gasteiger partial charge in [0.2, 0.25) is 10.3 Å². The third-order valence-electron chi connectivity index (χ3n) is 1.45. The van der Waals surface area contributed by atoms with Crippen LogP contribution < -0.4 is 5.73 Å². The zero-order valence-corrected chi connectivity index (χ0v) is 10.2. The lowest BCUT2D eigenvalue weighted by Crippen LogP contribution is -1.81. The van der Waals surface area contributed by atoms with Crippen molar-refractivity contribution in [2.45, 2.75) is 10.1 Å². The standard InChI is InChI=1S/C8H6BrN3S2/c9-5-1-3-6(4-2-5)13-8-11-7(10)14-12-8/h1-4H,(H2,10,11,12). The van der Waals surface area contributed by atoms with Gasteiger partial charge in [0.25, 0.3) is 0 Å². The van der Waals surface area contributed by atoms with E-state index in [0.717, 1.165) is 9.37 Å². The van der Waals surface area contributed by atoms with Gasteiger partial charge in [0.1, 0.15) is 0 Å². The summed E-state index contributed by atoms with van der Waals surface area (Å²) in [5.74, 6) is 0. The number of nitrogens with zero attached hydrogens (tertiary/aromatic N) is 2. The molecule has 0 aliphatic heterocycles. The summed E-state index contributed by atoms with van der Waals surface area (Å²) < 4.78 is 5.15. The first kappa shape index (κ1) is 9.95. The predicted molar refractivity (Wildman–Crippen MR) is 62.6 cm³/mol. The Balaban J connectivity index is 2.15. The SMILES string of the molecule is Nc1nc(Sc2ccc(Br)cc2)ns1. The van der Waals surface area contributed by atoms with Gasteiger partial charge in [-0.25, -0.2) is 0 Å². The van der Waals surface area contributed by atoms with Crippen molar-refractivity contribution in [2.75, 3.05) is 5.73 Å². The molecule has 1 aromatic heterocycles. The Labute approximate surface area is 98.0 Å². The van der Waals surface area contributed by atoms with Crippen LogP contribution in [0.15, 0.2) is 38.8 Å². The lowest BCUT2D eigenvalue weighted by Gasteiger charge is -1.95. The Morgan fingerprint density at radius 1 is 1.29 bits per heavy atom. The zero-order valence-electron chi connectivity index (χ0n) is 6.98. The number of nitrogen functional groups attached to an aromatic ring is 1. The molecule has 0 amide bonds. The van der Waals surface area contributed by atoms with Crippen LogP contribution in [-0.2, 0) is 0 Å². The van der Waals surface area contributed by atoms with E-state index in [0.29, 0.717) is 10.3 Å². The first-order chi connectivity index (χ1) is 6.74. The van der Waals surface area contributed by atoms with Crippen LogP contribution in [0.3, 0.4) is 0 Å². The number of aromatic nitrogens is 2. The van der Waals surface area contributed by atoms with Crippen LogP contribution in [0.25, 0.3) is 0 Å². The van der Waals surface area contributed by atoms with Gasteiger partial charge < -0.3 is 5.73 Å². The first-order valence-corrected chi connectivity index (χ1v) is 6.15. The molecule has 0 atom stereocenters. The van der Waals surface area contributed by atoms with Gasteiger partial charge in [-0.2, -0.15) is 9.36 Å². The van der Waals surface area contributed by atoms with Gasteiger partial charge in [0, 0.05) is 20.9 Å². The van der Waals surface area contributed by atoms with E-state index in [9.17, 15) is 0 Å². The summed E-state index contributed by atoms with van der Waals surface area (Å²) in [5.41, 5.74) is 5.48. The summed E-state index contributed by atoms with van der Waals surface area (Å²) in [7, 11) is 0. The van der Waals surface area contributed by atoms with Gasteiger partial charge in [0.05, 0.1) is 0 Å². The predicted octanol–water partition coefficient (Wildman–Crippen LogP) is 3.03. The van der Waals surface area contributed by atoms with Crippen molar-refractivity contribution >= 4 is 44.4 Å². The van der Waals surface area contributed by atoms with E-state index in [1.165, 1.54) is 23.3 Å². The molecular weight excluding hydrogens is 282 g/mol. The van der Waals surface area contributed by atoms with Crippen LogP contribution in [-0.4, -0.2) is 9.36 Å². The van der Waals surface area contributed by atoms with Crippen molar-refractivity contribution in [1.82, 2.24) is 9.36 Å². The maximum Gasteiger partial charge on any atom is 0.206 e. The van der Waals surface area contributed by atoms with Crippen molar-refractivity contribution in [1.29, 1.82) is 0 Å². The quantitative estimate of drug-likeness (QED) is 0.922. The fourth-order valence-electron chi connectivity index (χ4n) is 0.870. The highest BCUT2D eigenvalue weighted by atomic mass is 79.9. The summed E-state index contributed by atoms with van der Waals surface area (Å²) in [4.78, 5) is 5.17. The lowest BCUT2D eigenvalue weighted by molar-refractivity contribution is 1.08. The van der Waals surface area contributed by atoms with E-state index in [-0.39, 0.29) is 0 Å². The number of nitrogens with two attached hydrogens (primary N) is 1. The number of hydrogen-bond donors (Lipinski definition) is 1. The number of anilines is 1. The maximum atomic E-state index is 5.48. The van der Waals surface area contributed by atoms with Crippen molar-refractivity contribution < 1.29 is 0 Å². The summed E-state index contributed by atoms with van der Waals surface area (Å²) in [6, 6.07) is 7.98. The van der Waals surface area contributed by atoms with Crippen molar-refractivity contribution in [2.24, 2.45) is 0 Å². The summed E-state index contributed by atoms with van der Waals surface area (Å²) in [6.07, 6.45) is 0. The Morgan fingerprint density at radius 3 is 2.57 bits per heavy atom. The molecule has 0 spiro atoms. The van der Waals surface area contributed by atoms with Gasteiger partial charge in [0.15, 0.2) is 0 Å². The molecule has 0 aliphatic rings. The molecule has 6 heteroatoms. The molecule has 0 bridgehead atoms. The highest BCUT2D eigenvalue weighted by Crippen LogP contribution is 2.27. The van der Waals surface area contributed by atoms with Gasteiger partial charge in [-0.1, -0.05) is 15.9 Å². The molecule has 3 nitrogen and oxygen atoms in total. The minimum Gasteiger partial charge on any atom is -0.374 e. The van der Waals surface area contributed by atoms with E-state index in [1.807, 2.05) is 24.3 Å². The van der Waals surface area contributed by atoms with Crippen LogP contribution in [0.4, 0.5) is 5.13 Å². The van der Waals surface area contributed by atoms with Crippen molar-refractivity contribution in [3.8, 4) is 0 Å². The van der Waals surface area contributed by atoms with Crippen molar-refractivity contribution in [3.63, 3.8) is 0 Å². The average molecular weight is 288 g/mol. The lowest BCUT2D eigenvalue weighted by atomic mass is 10.4. The molecule has 2 N–H and O–H groups in total. The average Bonchev–Trinajstić information content (AvgIpc) is 2.56. The Kier molecular flexibility index (Phi) is 3.05. The molecular formula is C8H6BrN3S2. The number of rotatable bonds is 2. The van der Waals surface area contributed by atoms with Crippen molar-refractivity contribution in [3.05, 3.63) is 28.7 Å². The van der Waals surface area contributed by atoms with Crippen LogP contribution in [0.5, 0.6) is 0 Å². The second-order valence-electron chi connectivity index (χ2n) is 2.47. The van der Waals surface area contributed by atoms with Gasteiger partial charge in [-0.05, 0) is 36.0 Å². The molecule has 1 heterocycles. The van der Waals surface area contributed by atoms with E-state index in [2.05, 4.69) is 25.3 Å². The molecule has 0 fully saturated rings. The molecule has 2 rings (SSSR count). The highest BCUT2D eigenvalue weighted by molar-refractivity contribution is 9.10. The fraction of sp³-hybridized carbons (Fsp3) is 0. The van der Waals surface area contributed by atoms with Crippen LogP contribution in [0.2, 0.25) is 0 Å². The summed E-state index contributed by atoms with van der Waals surface area (Å²) in [5, 5.41) is 1.21. The minimum absolute atomic E-state index is 0.504. The second-order valence-corrected chi connectivity index (χ2v) is 5.21. The molecule has 14 heavy (non-hydrogen) atoms. The van der Waals surface area contributed by atoms with Crippen LogP contribution in [0, 0.1) is 0 Å². The van der Waals surface area contributed by atoms with E-state index < -0.39 is 0 Å². The monoisotopic (exact) mass is 287 g/mol. The number of halogens is 1. The van der Waals surface area contributed by atoms with E-state index in [4.69, 9.17) is 5.73 Å². The third-order valence-corrected chi connectivity index (χ3v) is 3.51. The Morgan fingerprint density at radius 2 is 2.00 bits per heavy atom. The molecule has 2 aromatic rings. The maximum absolute atomic E-state index is 5.48. The topological polar surface area (TPSA) is 51.8 Å². The molecule has 1 aromatic carbocycles. The summed E-state index contributed by atoms with van der Waals surface area (Å²) >= 11 is 6.09. The Bertz CT molecular complexity index is 426. The molecule has 0 unspecified atom stereocenters. The minimum atomic E-state index is 0.504. The zero-order chi connectivity index (χ0) is 9.97. The first-order valence-electron chi connectivity index (χ1n) is 3.76. The largest absolute Gasteiger partial charge is 0.374 e. The molecule has 72 valence electrons. The van der Waals surface area contributed by atoms with Gasteiger partial charge in [-0.3, -0.25) is 0 Å². The normalized spacial score (nSPS) is 10.4. The van der Waals surface area contributed by atoms with Gasteiger partial charge in [-0.15, -0.1) is 0 Å².